The van der Waals surface area contributed by atoms with E-state index in [1.807, 2.05) is 6.92 Å². The number of aromatic nitrogens is 2. The van der Waals surface area contributed by atoms with E-state index in [0.717, 1.165) is 11.3 Å². The fourth-order valence-electron chi connectivity index (χ4n) is 1.78. The molecule has 2 rings (SSSR count). The van der Waals surface area contributed by atoms with Crippen LogP contribution in [-0.2, 0) is 6.54 Å². The number of nitrogens with one attached hydrogen (secondary N) is 3. The van der Waals surface area contributed by atoms with Crippen LogP contribution in [0.25, 0.3) is 0 Å². The van der Waals surface area contributed by atoms with Crippen molar-refractivity contribution < 1.29 is 4.79 Å². The molecule has 0 atom stereocenters. The van der Waals surface area contributed by atoms with Crippen molar-refractivity contribution in [2.45, 2.75) is 13.5 Å². The molecule has 0 bridgehead atoms. The van der Waals surface area contributed by atoms with Crippen molar-refractivity contribution >= 4 is 29.1 Å². The van der Waals surface area contributed by atoms with Crippen LogP contribution >= 0.6 is 23.2 Å². The summed E-state index contributed by atoms with van der Waals surface area (Å²) in [7, 11) is 0. The highest BCUT2D eigenvalue weighted by molar-refractivity contribution is 6.42. The van der Waals surface area contributed by atoms with Crippen LogP contribution in [-0.4, -0.2) is 29.2 Å². The van der Waals surface area contributed by atoms with Crippen LogP contribution in [0.3, 0.4) is 0 Å². The van der Waals surface area contributed by atoms with E-state index in [1.54, 1.807) is 24.4 Å². The number of carbonyl (C=O) groups excluding carboxylic acids is 1. The number of H-pyrrole nitrogens is 1. The fraction of sp³-hybridized carbons (Fsp3) is 0.286. The highest BCUT2D eigenvalue weighted by Gasteiger charge is 2.07. The summed E-state index contributed by atoms with van der Waals surface area (Å²) in [6.07, 6.45) is 1.79. The SMILES string of the molecule is Cc1[nH]ncc1CNCCNC(=O)c1ccc(Cl)c(Cl)c1. The van der Waals surface area contributed by atoms with Crippen molar-refractivity contribution in [1.82, 2.24) is 20.8 Å². The first-order chi connectivity index (χ1) is 10.1. The Kier molecular flexibility index (Phi) is 5.61. The van der Waals surface area contributed by atoms with Crippen molar-refractivity contribution in [2.75, 3.05) is 13.1 Å². The minimum Gasteiger partial charge on any atom is -0.351 e. The molecule has 21 heavy (non-hydrogen) atoms. The molecule has 1 amide bonds. The van der Waals surface area contributed by atoms with Gasteiger partial charge in [-0.25, -0.2) is 0 Å². The number of amides is 1. The lowest BCUT2D eigenvalue weighted by molar-refractivity contribution is 0.0954. The number of hydrogen-bond donors (Lipinski definition) is 3. The molecule has 0 unspecified atom stereocenters. The van der Waals surface area contributed by atoms with Crippen molar-refractivity contribution in [3.63, 3.8) is 0 Å². The van der Waals surface area contributed by atoms with E-state index < -0.39 is 0 Å². The zero-order chi connectivity index (χ0) is 15.2. The summed E-state index contributed by atoms with van der Waals surface area (Å²) in [5.74, 6) is -0.171. The Morgan fingerprint density at radius 1 is 1.29 bits per heavy atom. The van der Waals surface area contributed by atoms with E-state index in [2.05, 4.69) is 20.8 Å². The fourth-order valence-corrected chi connectivity index (χ4v) is 2.08. The molecule has 0 spiro atoms. The number of aryl methyl sites for hydroxylation is 1. The number of halogens is 2. The van der Waals surface area contributed by atoms with Crippen LogP contribution in [0.15, 0.2) is 24.4 Å². The van der Waals surface area contributed by atoms with Gasteiger partial charge >= 0.3 is 0 Å². The summed E-state index contributed by atoms with van der Waals surface area (Å²) >= 11 is 11.7. The van der Waals surface area contributed by atoms with Crippen LogP contribution in [0.4, 0.5) is 0 Å². The van der Waals surface area contributed by atoms with Crippen LogP contribution in [0.2, 0.25) is 10.0 Å². The summed E-state index contributed by atoms with van der Waals surface area (Å²) in [4.78, 5) is 11.9. The third-order valence-electron chi connectivity index (χ3n) is 3.02. The van der Waals surface area contributed by atoms with E-state index in [4.69, 9.17) is 23.2 Å². The van der Waals surface area contributed by atoms with E-state index in [9.17, 15) is 4.79 Å². The Balaban J connectivity index is 1.72. The van der Waals surface area contributed by atoms with E-state index >= 15 is 0 Å². The van der Waals surface area contributed by atoms with E-state index in [1.165, 1.54) is 0 Å². The molecule has 2 aromatic rings. The summed E-state index contributed by atoms with van der Waals surface area (Å²) in [6, 6.07) is 4.81. The molecule has 0 aliphatic rings. The summed E-state index contributed by atoms with van der Waals surface area (Å²) in [5, 5.41) is 13.7. The second kappa shape index (κ2) is 7.45. The van der Waals surface area contributed by atoms with E-state index in [-0.39, 0.29) is 5.91 Å². The average molecular weight is 327 g/mol. The zero-order valence-corrected chi connectivity index (χ0v) is 13.1. The van der Waals surface area contributed by atoms with Gasteiger partial charge in [0, 0.05) is 36.5 Å². The van der Waals surface area contributed by atoms with Gasteiger partial charge in [-0.3, -0.25) is 9.89 Å². The molecule has 1 aromatic heterocycles. The van der Waals surface area contributed by atoms with Gasteiger partial charge in [-0.15, -0.1) is 0 Å². The van der Waals surface area contributed by atoms with Crippen molar-refractivity contribution in [1.29, 1.82) is 0 Å². The molecule has 3 N–H and O–H groups in total. The molecule has 5 nitrogen and oxygen atoms in total. The van der Waals surface area contributed by atoms with Crippen LogP contribution in [0.1, 0.15) is 21.6 Å². The van der Waals surface area contributed by atoms with Gasteiger partial charge in [0.1, 0.15) is 0 Å². The van der Waals surface area contributed by atoms with Gasteiger partial charge in [0.15, 0.2) is 0 Å². The molecule has 0 radical (unpaired) electrons. The van der Waals surface area contributed by atoms with Crippen molar-refractivity contribution in [3.05, 3.63) is 51.3 Å². The highest BCUT2D eigenvalue weighted by atomic mass is 35.5. The van der Waals surface area contributed by atoms with E-state index in [0.29, 0.717) is 35.2 Å². The number of rotatable bonds is 6. The molecule has 1 aromatic carbocycles. The van der Waals surface area contributed by atoms with Gasteiger partial charge in [-0.1, -0.05) is 23.2 Å². The van der Waals surface area contributed by atoms with Gasteiger partial charge in [0.05, 0.1) is 16.2 Å². The Hall–Kier alpha value is -1.56. The predicted molar refractivity (Wildman–Crippen MR) is 83.8 cm³/mol. The predicted octanol–water partition coefficient (Wildman–Crippen LogP) is 2.54. The quantitative estimate of drug-likeness (QED) is 0.714. The number of benzene rings is 1. The smallest absolute Gasteiger partial charge is 0.251 e. The first-order valence-corrected chi connectivity index (χ1v) is 7.26. The van der Waals surface area contributed by atoms with Gasteiger partial charge in [0.2, 0.25) is 0 Å². The maximum Gasteiger partial charge on any atom is 0.251 e. The molecule has 0 aliphatic heterocycles. The summed E-state index contributed by atoms with van der Waals surface area (Å²) < 4.78 is 0. The number of carbonyl (C=O) groups is 1. The van der Waals surface area contributed by atoms with Crippen molar-refractivity contribution in [2.24, 2.45) is 0 Å². The summed E-state index contributed by atoms with van der Waals surface area (Å²) in [6.45, 7) is 3.87. The standard InChI is InChI=1S/C14H16Cl2N4O/c1-9-11(8-19-20-9)7-17-4-5-18-14(21)10-2-3-12(15)13(16)6-10/h2-3,6,8,17H,4-5,7H2,1H3,(H,18,21)(H,19,20). The first-order valence-electron chi connectivity index (χ1n) is 6.50. The largest absolute Gasteiger partial charge is 0.351 e. The highest BCUT2D eigenvalue weighted by Crippen LogP contribution is 2.22. The topological polar surface area (TPSA) is 69.8 Å². The molecule has 7 heteroatoms. The zero-order valence-electron chi connectivity index (χ0n) is 11.5. The Bertz CT molecular complexity index is 627. The monoisotopic (exact) mass is 326 g/mol. The second-order valence-corrected chi connectivity index (χ2v) is 5.40. The number of hydrogen-bond acceptors (Lipinski definition) is 3. The van der Waals surface area contributed by atoms with Gasteiger partial charge in [-0.2, -0.15) is 5.10 Å². The Labute approximate surface area is 133 Å². The number of nitrogens with zero attached hydrogens (tertiary/aromatic N) is 1. The Morgan fingerprint density at radius 2 is 2.10 bits per heavy atom. The van der Waals surface area contributed by atoms with Crippen LogP contribution in [0, 0.1) is 6.92 Å². The minimum atomic E-state index is -0.171. The van der Waals surface area contributed by atoms with Crippen LogP contribution in [0.5, 0.6) is 0 Å². The maximum atomic E-state index is 11.9. The molecule has 112 valence electrons. The molecule has 0 aliphatic carbocycles. The lowest BCUT2D eigenvalue weighted by atomic mass is 10.2. The number of aromatic amines is 1. The average Bonchev–Trinajstić information content (AvgIpc) is 2.87. The molecular weight excluding hydrogens is 311 g/mol. The lowest BCUT2D eigenvalue weighted by Crippen LogP contribution is -2.31. The van der Waals surface area contributed by atoms with Gasteiger partial charge < -0.3 is 10.6 Å². The van der Waals surface area contributed by atoms with Crippen molar-refractivity contribution in [3.8, 4) is 0 Å². The lowest BCUT2D eigenvalue weighted by Gasteiger charge is -2.07. The molecule has 0 saturated carbocycles. The minimum absolute atomic E-state index is 0.171. The molecule has 0 fully saturated rings. The van der Waals surface area contributed by atoms with Gasteiger partial charge in [0.25, 0.3) is 5.91 Å². The third kappa shape index (κ3) is 4.46. The maximum absolute atomic E-state index is 11.9. The summed E-state index contributed by atoms with van der Waals surface area (Å²) in [5.41, 5.74) is 2.66. The normalized spacial score (nSPS) is 10.6. The molecule has 1 heterocycles. The third-order valence-corrected chi connectivity index (χ3v) is 3.76. The molecule has 0 saturated heterocycles. The van der Waals surface area contributed by atoms with Gasteiger partial charge in [-0.05, 0) is 25.1 Å². The first kappa shape index (κ1) is 15.8. The van der Waals surface area contributed by atoms with Crippen LogP contribution < -0.4 is 10.6 Å². The molecular formula is C14H16Cl2N4O. The Morgan fingerprint density at radius 3 is 2.76 bits per heavy atom. The second-order valence-electron chi connectivity index (χ2n) is 4.58.